The summed E-state index contributed by atoms with van der Waals surface area (Å²) in [7, 11) is -3.93. The molecule has 0 spiro atoms. The Labute approximate surface area is 157 Å². The summed E-state index contributed by atoms with van der Waals surface area (Å²) in [6.07, 6.45) is 1.88. The Kier molecular flexibility index (Phi) is 7.70. The largest absolute Gasteiger partial charge is 0.493 e. The molecule has 0 saturated carbocycles. The Hall–Kier alpha value is -1.13. The van der Waals surface area contributed by atoms with E-state index >= 15 is 0 Å². The van der Waals surface area contributed by atoms with Crippen LogP contribution >= 0.6 is 23.5 Å². The summed E-state index contributed by atoms with van der Waals surface area (Å²) in [5.74, 6) is 0.411. The van der Waals surface area contributed by atoms with Gasteiger partial charge in [-0.3, -0.25) is 4.57 Å². The predicted molar refractivity (Wildman–Crippen MR) is 106 cm³/mol. The molecule has 25 heavy (non-hydrogen) atoms. The van der Waals surface area contributed by atoms with Crippen molar-refractivity contribution in [2.45, 2.75) is 32.0 Å². The van der Waals surface area contributed by atoms with Crippen LogP contribution in [0.4, 0.5) is 0 Å². The van der Waals surface area contributed by atoms with Gasteiger partial charge in [0.2, 0.25) is 0 Å². The highest BCUT2D eigenvalue weighted by molar-refractivity contribution is 9.08. The molecule has 2 rings (SSSR count). The van der Waals surface area contributed by atoms with Gasteiger partial charge in [-0.2, -0.15) is 0 Å². The number of hydrogen-bond acceptors (Lipinski definition) is 3. The van der Waals surface area contributed by atoms with Crippen molar-refractivity contribution in [3.05, 3.63) is 48.0 Å². The lowest BCUT2D eigenvalue weighted by atomic mass is 10.0. The van der Waals surface area contributed by atoms with E-state index in [1.165, 1.54) is 5.56 Å². The average molecular weight is 427 g/mol. The Morgan fingerprint density at radius 3 is 2.36 bits per heavy atom. The molecular formula is C19H24BrO4P. The van der Waals surface area contributed by atoms with Gasteiger partial charge in [-0.1, -0.05) is 59.6 Å². The van der Waals surface area contributed by atoms with Crippen molar-refractivity contribution >= 4 is 28.8 Å². The Balaban J connectivity index is 2.41. The third-order valence-electron chi connectivity index (χ3n) is 3.76. The molecule has 0 saturated heterocycles. The molecule has 0 aliphatic carbocycles. The number of ether oxygens (including phenoxy) is 1. The van der Waals surface area contributed by atoms with Gasteiger partial charge in [-0.05, 0) is 42.2 Å². The minimum Gasteiger partial charge on any atom is -0.493 e. The third kappa shape index (κ3) is 5.42. The average Bonchev–Trinajstić information content (AvgIpc) is 2.62. The maximum absolute atomic E-state index is 12.6. The molecule has 2 aromatic carbocycles. The molecule has 4 nitrogen and oxygen atoms in total. The number of hydrogen-bond donors (Lipinski definition) is 1. The van der Waals surface area contributed by atoms with Crippen LogP contribution in [-0.2, 0) is 14.4 Å². The van der Waals surface area contributed by atoms with Crippen molar-refractivity contribution in [2.24, 2.45) is 0 Å². The standard InChI is InChI=1S/C19H24BrO4P/c1-3-5-12-23-18-11-10-17(13-19(18)25(21,22)24-4-2)16-8-6-15(14-20)7-9-16/h6-11,13H,3-5,12,14H2,1-2H3,(H,21,22). The van der Waals surface area contributed by atoms with E-state index in [-0.39, 0.29) is 11.9 Å². The second kappa shape index (κ2) is 9.54. The molecule has 1 N–H and O–H groups in total. The summed E-state index contributed by atoms with van der Waals surface area (Å²) in [5.41, 5.74) is 3.00. The zero-order valence-electron chi connectivity index (χ0n) is 14.6. The van der Waals surface area contributed by atoms with Crippen LogP contribution in [0.2, 0.25) is 0 Å². The van der Waals surface area contributed by atoms with Crippen LogP contribution in [-0.4, -0.2) is 18.1 Å². The van der Waals surface area contributed by atoms with Crippen molar-refractivity contribution in [1.29, 1.82) is 0 Å². The first-order valence-corrected chi connectivity index (χ1v) is 11.1. The zero-order valence-corrected chi connectivity index (χ0v) is 17.1. The predicted octanol–water partition coefficient (Wildman–Crippen LogP) is 5.27. The minimum absolute atomic E-state index is 0.159. The van der Waals surface area contributed by atoms with Gasteiger partial charge in [-0.15, -0.1) is 0 Å². The van der Waals surface area contributed by atoms with Crippen LogP contribution in [0.25, 0.3) is 11.1 Å². The lowest BCUT2D eigenvalue weighted by Crippen LogP contribution is -2.13. The molecule has 0 bridgehead atoms. The highest BCUT2D eigenvalue weighted by Gasteiger charge is 2.27. The summed E-state index contributed by atoms with van der Waals surface area (Å²) in [6, 6.07) is 13.4. The topological polar surface area (TPSA) is 55.8 Å². The lowest BCUT2D eigenvalue weighted by molar-refractivity contribution is 0.279. The first kappa shape index (κ1) is 20.2. The van der Waals surface area contributed by atoms with Gasteiger partial charge in [0.05, 0.1) is 13.2 Å². The van der Waals surface area contributed by atoms with Crippen LogP contribution in [0.1, 0.15) is 32.3 Å². The molecule has 136 valence electrons. The van der Waals surface area contributed by atoms with E-state index < -0.39 is 7.60 Å². The molecule has 0 radical (unpaired) electrons. The first-order chi connectivity index (χ1) is 12.0. The molecule has 0 heterocycles. The van der Waals surface area contributed by atoms with Gasteiger partial charge in [0.15, 0.2) is 0 Å². The molecule has 2 aromatic rings. The number of unbranched alkanes of at least 4 members (excludes halogenated alkanes) is 1. The summed E-state index contributed by atoms with van der Waals surface area (Å²) in [5, 5.41) is 1.01. The molecule has 0 amide bonds. The van der Waals surface area contributed by atoms with E-state index in [9.17, 15) is 9.46 Å². The zero-order chi connectivity index (χ0) is 18.3. The summed E-state index contributed by atoms with van der Waals surface area (Å²) >= 11 is 3.43. The van der Waals surface area contributed by atoms with Crippen molar-refractivity contribution in [3.63, 3.8) is 0 Å². The summed E-state index contributed by atoms with van der Waals surface area (Å²) in [4.78, 5) is 10.3. The van der Waals surface area contributed by atoms with Crippen molar-refractivity contribution < 1.29 is 18.7 Å². The molecule has 0 aliphatic rings. The van der Waals surface area contributed by atoms with E-state index in [2.05, 4.69) is 22.9 Å². The van der Waals surface area contributed by atoms with Crippen molar-refractivity contribution in [3.8, 4) is 16.9 Å². The molecular weight excluding hydrogens is 403 g/mol. The van der Waals surface area contributed by atoms with E-state index in [0.717, 1.165) is 29.3 Å². The highest BCUT2D eigenvalue weighted by Crippen LogP contribution is 2.44. The van der Waals surface area contributed by atoms with Crippen LogP contribution < -0.4 is 10.0 Å². The SMILES string of the molecule is CCCCOc1ccc(-c2ccc(CBr)cc2)cc1P(=O)(O)OCC. The summed E-state index contributed by atoms with van der Waals surface area (Å²) in [6.45, 7) is 4.44. The number of benzene rings is 2. The van der Waals surface area contributed by atoms with Crippen molar-refractivity contribution in [1.82, 2.24) is 0 Å². The molecule has 1 atom stereocenters. The van der Waals surface area contributed by atoms with Crippen LogP contribution in [0, 0.1) is 0 Å². The maximum Gasteiger partial charge on any atom is 0.362 e. The van der Waals surface area contributed by atoms with E-state index in [1.807, 2.05) is 30.3 Å². The second-order valence-corrected chi connectivity index (χ2v) is 7.99. The number of halogens is 1. The maximum atomic E-state index is 12.6. The molecule has 0 aliphatic heterocycles. The first-order valence-electron chi connectivity index (χ1n) is 8.41. The Morgan fingerprint density at radius 2 is 1.76 bits per heavy atom. The van der Waals surface area contributed by atoms with Crippen LogP contribution in [0.15, 0.2) is 42.5 Å². The fraction of sp³-hybridized carbons (Fsp3) is 0.368. The molecule has 6 heteroatoms. The van der Waals surface area contributed by atoms with Gasteiger partial charge in [-0.25, -0.2) is 0 Å². The van der Waals surface area contributed by atoms with Crippen LogP contribution in [0.3, 0.4) is 0 Å². The number of alkyl halides is 1. The Bertz CT molecular complexity index is 731. The third-order valence-corrected chi connectivity index (χ3v) is 5.98. The summed E-state index contributed by atoms with van der Waals surface area (Å²) < 4.78 is 23.4. The van der Waals surface area contributed by atoms with Gasteiger partial charge in [0, 0.05) is 5.33 Å². The van der Waals surface area contributed by atoms with Gasteiger partial charge in [0.25, 0.3) is 0 Å². The van der Waals surface area contributed by atoms with Gasteiger partial charge in [0.1, 0.15) is 11.1 Å². The van der Waals surface area contributed by atoms with Crippen LogP contribution in [0.5, 0.6) is 5.75 Å². The normalized spacial score (nSPS) is 13.4. The van der Waals surface area contributed by atoms with E-state index in [1.54, 1.807) is 19.1 Å². The van der Waals surface area contributed by atoms with E-state index in [4.69, 9.17) is 9.26 Å². The second-order valence-electron chi connectivity index (χ2n) is 5.65. The Morgan fingerprint density at radius 1 is 1.08 bits per heavy atom. The molecule has 0 fully saturated rings. The quantitative estimate of drug-likeness (QED) is 0.336. The van der Waals surface area contributed by atoms with Crippen molar-refractivity contribution in [2.75, 3.05) is 13.2 Å². The molecule has 0 aromatic heterocycles. The molecule has 1 unspecified atom stereocenters. The fourth-order valence-corrected chi connectivity index (χ4v) is 3.98. The minimum atomic E-state index is -3.93. The number of rotatable bonds is 9. The van der Waals surface area contributed by atoms with Gasteiger partial charge >= 0.3 is 7.60 Å². The monoisotopic (exact) mass is 426 g/mol. The lowest BCUT2D eigenvalue weighted by Gasteiger charge is -2.17. The fourth-order valence-electron chi connectivity index (χ4n) is 2.40. The smallest absolute Gasteiger partial charge is 0.362 e. The van der Waals surface area contributed by atoms with E-state index in [0.29, 0.717) is 12.4 Å². The van der Waals surface area contributed by atoms with Gasteiger partial charge < -0.3 is 14.2 Å². The highest BCUT2D eigenvalue weighted by atomic mass is 79.9.